The van der Waals surface area contributed by atoms with Gasteiger partial charge >= 0.3 is 0 Å². The van der Waals surface area contributed by atoms with Crippen LogP contribution in [0.5, 0.6) is 0 Å². The van der Waals surface area contributed by atoms with Crippen molar-refractivity contribution in [1.82, 2.24) is 20.2 Å². The summed E-state index contributed by atoms with van der Waals surface area (Å²) in [7, 11) is 0. The molecule has 0 unspecified atom stereocenters. The van der Waals surface area contributed by atoms with Crippen molar-refractivity contribution in [2.24, 2.45) is 0 Å². The summed E-state index contributed by atoms with van der Waals surface area (Å²) in [4.78, 5) is 9.14. The fourth-order valence-electron chi connectivity index (χ4n) is 2.58. The lowest BCUT2D eigenvalue weighted by Crippen LogP contribution is -1.99. The summed E-state index contributed by atoms with van der Waals surface area (Å²) in [6, 6.07) is 26.0. The molecule has 5 heteroatoms. The predicted molar refractivity (Wildman–Crippen MR) is 104 cm³/mol. The third kappa shape index (κ3) is 3.78. The van der Waals surface area contributed by atoms with Crippen LogP contribution >= 0.6 is 11.8 Å². The van der Waals surface area contributed by atoms with Crippen molar-refractivity contribution in [3.8, 4) is 22.5 Å². The summed E-state index contributed by atoms with van der Waals surface area (Å²) >= 11 is 1.54. The van der Waals surface area contributed by atoms with E-state index in [0.717, 1.165) is 28.2 Å². The smallest absolute Gasteiger partial charge is 0.210 e. The van der Waals surface area contributed by atoms with Crippen molar-refractivity contribution in [1.29, 1.82) is 0 Å². The van der Waals surface area contributed by atoms with Gasteiger partial charge in [-0.1, -0.05) is 78.5 Å². The molecular weight excluding hydrogens is 340 g/mol. The summed E-state index contributed by atoms with van der Waals surface area (Å²) in [5.41, 5.74) is 4.66. The Labute approximate surface area is 156 Å². The summed E-state index contributed by atoms with van der Waals surface area (Å²) in [6.45, 7) is 0. The molecule has 26 heavy (non-hydrogen) atoms. The third-order valence-electron chi connectivity index (χ3n) is 3.84. The number of nitrogens with zero attached hydrogens (tertiary/aromatic N) is 4. The van der Waals surface area contributed by atoms with Crippen molar-refractivity contribution in [3.63, 3.8) is 0 Å². The molecule has 0 saturated carbocycles. The van der Waals surface area contributed by atoms with Gasteiger partial charge in [0.25, 0.3) is 0 Å². The van der Waals surface area contributed by atoms with Gasteiger partial charge in [0.05, 0.1) is 5.69 Å². The fraction of sp³-hybridized carbons (Fsp3) is 0.0476. The molecule has 4 rings (SSSR count). The summed E-state index contributed by atoms with van der Waals surface area (Å²) in [5.74, 6) is 0.710. The van der Waals surface area contributed by atoms with E-state index in [9.17, 15) is 0 Å². The predicted octanol–water partition coefficient (Wildman–Crippen LogP) is 4.89. The zero-order valence-corrected chi connectivity index (χ0v) is 14.8. The summed E-state index contributed by atoms with van der Waals surface area (Å²) in [5, 5.41) is 9.46. The van der Waals surface area contributed by atoms with Gasteiger partial charge in [-0.25, -0.2) is 4.98 Å². The van der Waals surface area contributed by atoms with E-state index in [1.165, 1.54) is 11.8 Å². The Hall–Kier alpha value is -3.05. The zero-order valence-electron chi connectivity index (χ0n) is 14.0. The Balaban J connectivity index is 1.70. The number of benzene rings is 2. The lowest BCUT2D eigenvalue weighted by molar-refractivity contribution is 0.849. The molecule has 2 aromatic carbocycles. The van der Waals surface area contributed by atoms with Gasteiger partial charge in [0.1, 0.15) is 11.4 Å². The van der Waals surface area contributed by atoms with Gasteiger partial charge in [0.15, 0.2) is 0 Å². The molecule has 0 radical (unpaired) electrons. The maximum Gasteiger partial charge on any atom is 0.210 e. The molecule has 0 N–H and O–H groups in total. The second kappa shape index (κ2) is 7.89. The Morgan fingerprint density at radius 3 is 1.96 bits per heavy atom. The first-order valence-corrected chi connectivity index (χ1v) is 9.27. The molecule has 0 aliphatic carbocycles. The second-order valence-corrected chi connectivity index (χ2v) is 6.58. The first-order chi connectivity index (χ1) is 12.9. The summed E-state index contributed by atoms with van der Waals surface area (Å²) in [6.07, 6.45) is 1.79. The highest BCUT2D eigenvalue weighted by atomic mass is 32.2. The van der Waals surface area contributed by atoms with Gasteiger partial charge in [-0.15, -0.1) is 10.2 Å². The van der Waals surface area contributed by atoms with E-state index in [4.69, 9.17) is 4.98 Å². The van der Waals surface area contributed by atoms with Gasteiger partial charge in [-0.05, 0) is 12.1 Å². The number of aromatic nitrogens is 4. The average Bonchev–Trinajstić information content (AvgIpc) is 2.74. The average molecular weight is 356 g/mol. The van der Waals surface area contributed by atoms with Crippen molar-refractivity contribution < 1.29 is 0 Å². The Bertz CT molecular complexity index is 977. The maximum atomic E-state index is 4.80. The molecule has 4 nitrogen and oxygen atoms in total. The van der Waals surface area contributed by atoms with E-state index >= 15 is 0 Å². The zero-order chi connectivity index (χ0) is 17.6. The van der Waals surface area contributed by atoms with Crippen molar-refractivity contribution >= 4 is 11.8 Å². The van der Waals surface area contributed by atoms with Gasteiger partial charge in [0, 0.05) is 23.1 Å². The number of hydrogen-bond donors (Lipinski definition) is 0. The van der Waals surface area contributed by atoms with Crippen LogP contribution in [0.2, 0.25) is 0 Å². The molecule has 0 fully saturated rings. The molecule has 4 aromatic rings. The Morgan fingerprint density at radius 2 is 1.31 bits per heavy atom. The highest BCUT2D eigenvalue weighted by Crippen LogP contribution is 2.30. The number of pyridine rings is 1. The van der Waals surface area contributed by atoms with E-state index in [-0.39, 0.29) is 0 Å². The van der Waals surface area contributed by atoms with E-state index in [1.807, 2.05) is 78.9 Å². The van der Waals surface area contributed by atoms with Crippen LogP contribution in [0.15, 0.2) is 90.2 Å². The molecule has 126 valence electrons. The minimum Gasteiger partial charge on any atom is -0.260 e. The largest absolute Gasteiger partial charge is 0.260 e. The van der Waals surface area contributed by atoms with Crippen LogP contribution in [-0.4, -0.2) is 20.2 Å². The molecule has 0 aliphatic rings. The quantitative estimate of drug-likeness (QED) is 0.476. The molecule has 0 spiro atoms. The lowest BCUT2D eigenvalue weighted by atomic mass is 10.0. The van der Waals surface area contributed by atoms with Crippen LogP contribution in [0, 0.1) is 0 Å². The van der Waals surface area contributed by atoms with Crippen LogP contribution in [-0.2, 0) is 5.75 Å². The molecule has 0 bridgehead atoms. The molecular formula is C21H16N4S. The first-order valence-electron chi connectivity index (χ1n) is 8.28. The van der Waals surface area contributed by atoms with Gasteiger partial charge in [-0.3, -0.25) is 4.98 Å². The Morgan fingerprint density at radius 1 is 0.654 bits per heavy atom. The SMILES string of the molecule is c1ccc(-c2nnc(SCc3ccccn3)nc2-c2ccccc2)cc1. The minimum absolute atomic E-state index is 0.647. The van der Waals surface area contributed by atoms with Crippen LogP contribution in [0.1, 0.15) is 5.69 Å². The number of rotatable bonds is 5. The third-order valence-corrected chi connectivity index (χ3v) is 4.71. The lowest BCUT2D eigenvalue weighted by Gasteiger charge is -2.09. The first kappa shape index (κ1) is 16.4. The van der Waals surface area contributed by atoms with Gasteiger partial charge < -0.3 is 0 Å². The monoisotopic (exact) mass is 356 g/mol. The molecule has 2 aromatic heterocycles. The topological polar surface area (TPSA) is 51.6 Å². The van der Waals surface area contributed by atoms with E-state index < -0.39 is 0 Å². The van der Waals surface area contributed by atoms with Crippen molar-refractivity contribution in [2.75, 3.05) is 0 Å². The summed E-state index contributed by atoms with van der Waals surface area (Å²) < 4.78 is 0. The Kier molecular flexibility index (Phi) is 4.98. The molecule has 2 heterocycles. The van der Waals surface area contributed by atoms with Crippen molar-refractivity contribution in [2.45, 2.75) is 10.9 Å². The normalized spacial score (nSPS) is 10.6. The van der Waals surface area contributed by atoms with Crippen LogP contribution in [0.4, 0.5) is 0 Å². The number of thioether (sulfide) groups is 1. The van der Waals surface area contributed by atoms with Crippen molar-refractivity contribution in [3.05, 3.63) is 90.8 Å². The second-order valence-electron chi connectivity index (χ2n) is 5.63. The van der Waals surface area contributed by atoms with Gasteiger partial charge in [0.2, 0.25) is 5.16 Å². The molecule has 0 saturated heterocycles. The minimum atomic E-state index is 0.647. The van der Waals surface area contributed by atoms with Gasteiger partial charge in [-0.2, -0.15) is 0 Å². The van der Waals surface area contributed by atoms with E-state index in [0.29, 0.717) is 10.9 Å². The highest BCUT2D eigenvalue weighted by Gasteiger charge is 2.13. The number of hydrogen-bond acceptors (Lipinski definition) is 5. The van der Waals surface area contributed by atoms with E-state index in [1.54, 1.807) is 6.20 Å². The standard InChI is InChI=1S/C21H16N4S/c1-3-9-16(10-4-1)19-20(17-11-5-2-6-12-17)24-25-21(23-19)26-15-18-13-7-8-14-22-18/h1-14H,15H2. The van der Waals surface area contributed by atoms with Crippen LogP contribution < -0.4 is 0 Å². The maximum absolute atomic E-state index is 4.80. The highest BCUT2D eigenvalue weighted by molar-refractivity contribution is 7.98. The fourth-order valence-corrected chi connectivity index (χ4v) is 3.28. The molecule has 0 aliphatic heterocycles. The molecule has 0 atom stereocenters. The van der Waals surface area contributed by atoms with Crippen LogP contribution in [0.25, 0.3) is 22.5 Å². The van der Waals surface area contributed by atoms with Crippen LogP contribution in [0.3, 0.4) is 0 Å². The van der Waals surface area contributed by atoms with E-state index in [2.05, 4.69) is 15.2 Å². The molecule has 0 amide bonds.